The molecule has 0 aliphatic carbocycles. The predicted molar refractivity (Wildman–Crippen MR) is 70.2 cm³/mol. The largest absolute Gasteiger partial charge is 0.315 e. The van der Waals surface area contributed by atoms with Gasteiger partial charge in [-0.05, 0) is 37.4 Å². The summed E-state index contributed by atoms with van der Waals surface area (Å²) in [5.74, 6) is -0.220. The molecule has 16 heavy (non-hydrogen) atoms. The number of nitrogens with one attached hydrogen (secondary N) is 1. The van der Waals surface area contributed by atoms with E-state index in [0.29, 0.717) is 0 Å². The van der Waals surface area contributed by atoms with Gasteiger partial charge in [-0.1, -0.05) is 15.9 Å². The van der Waals surface area contributed by atoms with E-state index < -0.39 is 0 Å². The Morgan fingerprint density at radius 2 is 2.12 bits per heavy atom. The zero-order valence-electron chi connectivity index (χ0n) is 8.76. The van der Waals surface area contributed by atoms with Crippen LogP contribution >= 0.6 is 27.3 Å². The highest BCUT2D eigenvalue weighted by Crippen LogP contribution is 2.33. The van der Waals surface area contributed by atoms with Crippen molar-refractivity contribution in [3.8, 4) is 10.4 Å². The van der Waals surface area contributed by atoms with Crippen molar-refractivity contribution in [1.29, 1.82) is 0 Å². The van der Waals surface area contributed by atoms with Gasteiger partial charge in [-0.2, -0.15) is 0 Å². The van der Waals surface area contributed by atoms with E-state index in [-0.39, 0.29) is 5.82 Å². The smallest absolute Gasteiger partial charge is 0.124 e. The Hall–Kier alpha value is -0.710. The maximum atomic E-state index is 13.0. The Morgan fingerprint density at radius 1 is 1.31 bits per heavy atom. The number of hydrogen-bond donors (Lipinski definition) is 1. The summed E-state index contributed by atoms with van der Waals surface area (Å²) < 4.78 is 13.7. The van der Waals surface area contributed by atoms with Crippen LogP contribution in [0.2, 0.25) is 0 Å². The quantitative estimate of drug-likeness (QED) is 0.902. The van der Waals surface area contributed by atoms with E-state index in [1.54, 1.807) is 17.4 Å². The molecule has 2 rings (SSSR count). The lowest BCUT2D eigenvalue weighted by Gasteiger charge is -2.01. The minimum atomic E-state index is -0.220. The second kappa shape index (κ2) is 5.08. The van der Waals surface area contributed by atoms with Crippen LogP contribution in [-0.2, 0) is 6.54 Å². The van der Waals surface area contributed by atoms with Gasteiger partial charge in [0.15, 0.2) is 0 Å². The second-order valence-corrected chi connectivity index (χ2v) is 5.44. The second-order valence-electron chi connectivity index (χ2n) is 3.42. The molecule has 84 valence electrons. The molecule has 1 aromatic carbocycles. The summed E-state index contributed by atoms with van der Waals surface area (Å²) in [6.07, 6.45) is 0. The summed E-state index contributed by atoms with van der Waals surface area (Å²) in [4.78, 5) is 2.42. The molecule has 0 fully saturated rings. The third kappa shape index (κ3) is 2.51. The zero-order valence-corrected chi connectivity index (χ0v) is 11.2. The maximum absolute atomic E-state index is 13.0. The summed E-state index contributed by atoms with van der Waals surface area (Å²) in [6, 6.07) is 8.93. The maximum Gasteiger partial charge on any atom is 0.124 e. The third-order valence-corrected chi connectivity index (χ3v) is 3.98. The molecule has 0 aliphatic heterocycles. The molecule has 1 aromatic heterocycles. The van der Waals surface area contributed by atoms with Gasteiger partial charge >= 0.3 is 0 Å². The molecular weight excluding hydrogens is 289 g/mol. The molecule has 0 saturated carbocycles. The van der Waals surface area contributed by atoms with Crippen molar-refractivity contribution in [2.24, 2.45) is 0 Å². The molecular formula is C12H11BrFNS. The van der Waals surface area contributed by atoms with Gasteiger partial charge < -0.3 is 5.32 Å². The van der Waals surface area contributed by atoms with E-state index in [4.69, 9.17) is 0 Å². The molecule has 2 aromatic rings. The van der Waals surface area contributed by atoms with Crippen LogP contribution < -0.4 is 5.32 Å². The molecule has 0 atom stereocenters. The SMILES string of the molecule is CNCc1ccc(-c2ccc(F)cc2Br)s1. The van der Waals surface area contributed by atoms with Crippen molar-refractivity contribution in [3.63, 3.8) is 0 Å². The normalized spacial score (nSPS) is 10.7. The first-order valence-corrected chi connectivity index (χ1v) is 6.50. The van der Waals surface area contributed by atoms with E-state index >= 15 is 0 Å². The van der Waals surface area contributed by atoms with Crippen LogP contribution in [0.3, 0.4) is 0 Å². The van der Waals surface area contributed by atoms with Crippen LogP contribution in [0.4, 0.5) is 4.39 Å². The van der Waals surface area contributed by atoms with Gasteiger partial charge in [0, 0.05) is 26.3 Å². The molecule has 1 heterocycles. The molecule has 1 N–H and O–H groups in total. The van der Waals surface area contributed by atoms with Crippen LogP contribution in [0.25, 0.3) is 10.4 Å². The van der Waals surface area contributed by atoms with Crippen LogP contribution in [0.1, 0.15) is 4.88 Å². The Bertz CT molecular complexity index is 496. The highest BCUT2D eigenvalue weighted by Gasteiger charge is 2.07. The van der Waals surface area contributed by atoms with Gasteiger partial charge in [-0.25, -0.2) is 4.39 Å². The van der Waals surface area contributed by atoms with Gasteiger partial charge in [0.25, 0.3) is 0 Å². The Kier molecular flexibility index (Phi) is 3.74. The van der Waals surface area contributed by atoms with E-state index in [0.717, 1.165) is 21.5 Å². The monoisotopic (exact) mass is 299 g/mol. The Labute approximate surface area is 106 Å². The lowest BCUT2D eigenvalue weighted by Crippen LogP contribution is -2.02. The summed E-state index contributed by atoms with van der Waals surface area (Å²) in [6.45, 7) is 0.865. The summed E-state index contributed by atoms with van der Waals surface area (Å²) in [7, 11) is 1.92. The van der Waals surface area contributed by atoms with Gasteiger partial charge in [0.05, 0.1) is 0 Å². The Morgan fingerprint density at radius 3 is 2.81 bits per heavy atom. The number of thiophene rings is 1. The number of rotatable bonds is 3. The molecule has 0 bridgehead atoms. The third-order valence-electron chi connectivity index (χ3n) is 2.21. The summed E-state index contributed by atoms with van der Waals surface area (Å²) in [5.41, 5.74) is 1.04. The fourth-order valence-corrected chi connectivity index (χ4v) is 3.24. The minimum Gasteiger partial charge on any atom is -0.315 e. The van der Waals surface area contributed by atoms with Gasteiger partial charge in [-0.3, -0.25) is 0 Å². The fraction of sp³-hybridized carbons (Fsp3) is 0.167. The number of hydrogen-bond acceptors (Lipinski definition) is 2. The van der Waals surface area contributed by atoms with Crippen LogP contribution in [-0.4, -0.2) is 7.05 Å². The first-order chi connectivity index (χ1) is 7.70. The van der Waals surface area contributed by atoms with Crippen molar-refractivity contribution in [2.75, 3.05) is 7.05 Å². The first kappa shape index (κ1) is 11.8. The molecule has 1 nitrogen and oxygen atoms in total. The van der Waals surface area contributed by atoms with Crippen molar-refractivity contribution in [3.05, 3.63) is 45.5 Å². The van der Waals surface area contributed by atoms with Gasteiger partial charge in [0.1, 0.15) is 5.82 Å². The zero-order chi connectivity index (χ0) is 11.5. The van der Waals surface area contributed by atoms with E-state index in [9.17, 15) is 4.39 Å². The van der Waals surface area contributed by atoms with E-state index in [1.165, 1.54) is 17.0 Å². The summed E-state index contributed by atoms with van der Waals surface area (Å²) >= 11 is 5.10. The lowest BCUT2D eigenvalue weighted by molar-refractivity contribution is 0.627. The lowest BCUT2D eigenvalue weighted by atomic mass is 10.2. The molecule has 0 radical (unpaired) electrons. The highest BCUT2D eigenvalue weighted by molar-refractivity contribution is 9.10. The molecule has 4 heteroatoms. The standard InChI is InChI=1S/C12H11BrFNS/c1-15-7-9-3-5-12(16-9)10-4-2-8(14)6-11(10)13/h2-6,15H,7H2,1H3. The number of benzene rings is 1. The van der Waals surface area contributed by atoms with Gasteiger partial charge in [0.2, 0.25) is 0 Å². The van der Waals surface area contributed by atoms with Crippen molar-refractivity contribution in [1.82, 2.24) is 5.32 Å². The molecule has 0 amide bonds. The van der Waals surface area contributed by atoms with Crippen LogP contribution in [0.5, 0.6) is 0 Å². The van der Waals surface area contributed by atoms with Gasteiger partial charge in [-0.15, -0.1) is 11.3 Å². The summed E-state index contributed by atoms with van der Waals surface area (Å²) in [5, 5.41) is 3.11. The predicted octanol–water partition coefficient (Wildman–Crippen LogP) is 4.04. The molecule has 0 saturated heterocycles. The van der Waals surface area contributed by atoms with Crippen molar-refractivity contribution < 1.29 is 4.39 Å². The average molecular weight is 300 g/mol. The van der Waals surface area contributed by atoms with E-state index in [2.05, 4.69) is 33.4 Å². The topological polar surface area (TPSA) is 12.0 Å². The first-order valence-electron chi connectivity index (χ1n) is 4.89. The highest BCUT2D eigenvalue weighted by atomic mass is 79.9. The minimum absolute atomic E-state index is 0.220. The van der Waals surface area contributed by atoms with E-state index in [1.807, 2.05) is 7.05 Å². The van der Waals surface area contributed by atoms with Crippen molar-refractivity contribution in [2.45, 2.75) is 6.54 Å². The fourth-order valence-electron chi connectivity index (χ4n) is 1.48. The van der Waals surface area contributed by atoms with Crippen molar-refractivity contribution >= 4 is 27.3 Å². The molecule has 0 aliphatic rings. The Balaban J connectivity index is 2.35. The number of halogens is 2. The van der Waals surface area contributed by atoms with Crippen LogP contribution in [0, 0.1) is 5.82 Å². The van der Waals surface area contributed by atoms with Crippen LogP contribution in [0.15, 0.2) is 34.8 Å². The molecule has 0 spiro atoms. The average Bonchev–Trinajstić information content (AvgIpc) is 2.67. The molecule has 0 unspecified atom stereocenters.